The smallest absolute Gasteiger partial charge is 0.241 e. The summed E-state index contributed by atoms with van der Waals surface area (Å²) in [5, 5.41) is 5.81. The first-order valence-electron chi connectivity index (χ1n) is 10.2. The second-order valence-electron chi connectivity index (χ2n) is 7.79. The maximum atomic E-state index is 12.7. The fourth-order valence-corrected chi connectivity index (χ4v) is 3.61. The number of piperidine rings is 1. The number of carbonyl (C=O) groups is 3. The number of hydrogen-bond acceptors (Lipinski definition) is 5. The molecule has 0 saturated carbocycles. The van der Waals surface area contributed by atoms with E-state index in [0.29, 0.717) is 23.6 Å². The highest BCUT2D eigenvalue weighted by Crippen LogP contribution is 2.22. The van der Waals surface area contributed by atoms with Crippen molar-refractivity contribution in [2.45, 2.75) is 39.7 Å². The summed E-state index contributed by atoms with van der Waals surface area (Å²) < 4.78 is 0. The lowest BCUT2D eigenvalue weighted by Crippen LogP contribution is -2.49. The molecule has 1 aliphatic heterocycles. The molecular formula is C23H28N4O3. The van der Waals surface area contributed by atoms with E-state index in [-0.39, 0.29) is 29.6 Å². The Labute approximate surface area is 176 Å². The van der Waals surface area contributed by atoms with E-state index in [1.54, 1.807) is 30.5 Å². The third kappa shape index (κ3) is 5.30. The average molecular weight is 409 g/mol. The van der Waals surface area contributed by atoms with Gasteiger partial charge < -0.3 is 10.6 Å². The van der Waals surface area contributed by atoms with Crippen molar-refractivity contribution < 1.29 is 14.4 Å². The molecule has 2 atom stereocenters. The second-order valence-corrected chi connectivity index (χ2v) is 7.79. The highest BCUT2D eigenvalue weighted by Gasteiger charge is 2.31. The number of benzene rings is 1. The van der Waals surface area contributed by atoms with Crippen LogP contribution in [0.4, 0.5) is 11.5 Å². The summed E-state index contributed by atoms with van der Waals surface area (Å²) in [5.41, 5.74) is 2.17. The van der Waals surface area contributed by atoms with Crippen LogP contribution in [0.2, 0.25) is 0 Å². The van der Waals surface area contributed by atoms with Crippen LogP contribution in [0.1, 0.15) is 42.6 Å². The van der Waals surface area contributed by atoms with E-state index in [4.69, 9.17) is 0 Å². The summed E-state index contributed by atoms with van der Waals surface area (Å²) in [4.78, 5) is 43.1. The van der Waals surface area contributed by atoms with E-state index in [9.17, 15) is 14.4 Å². The van der Waals surface area contributed by atoms with Crippen molar-refractivity contribution in [2.24, 2.45) is 5.92 Å². The summed E-state index contributed by atoms with van der Waals surface area (Å²) in [6.07, 6.45) is 3.30. The Bertz CT molecular complexity index is 926. The predicted octanol–water partition coefficient (Wildman–Crippen LogP) is 3.27. The lowest BCUT2D eigenvalue weighted by Gasteiger charge is -2.35. The highest BCUT2D eigenvalue weighted by atomic mass is 16.2. The standard InChI is InChI=1S/C23H28N4O3/c1-15-6-4-12-24-21(15)26-23(30)19-7-5-13-27(14-19)16(2)22(29)25-20-10-8-18(9-11-20)17(3)28/h4,6,8-12,16,19H,5,7,13-14H2,1-3H3,(H,25,29)(H,24,26,30). The predicted molar refractivity (Wildman–Crippen MR) is 116 cm³/mol. The van der Waals surface area contributed by atoms with Gasteiger partial charge in [0.15, 0.2) is 5.78 Å². The van der Waals surface area contributed by atoms with Gasteiger partial charge in [0.05, 0.1) is 12.0 Å². The summed E-state index contributed by atoms with van der Waals surface area (Å²) in [5.74, 6) is 0.186. The maximum Gasteiger partial charge on any atom is 0.241 e. The molecule has 7 heteroatoms. The quantitative estimate of drug-likeness (QED) is 0.716. The fourth-order valence-electron chi connectivity index (χ4n) is 3.61. The molecule has 0 aliphatic carbocycles. The van der Waals surface area contributed by atoms with Crippen molar-refractivity contribution in [1.82, 2.24) is 9.88 Å². The fraction of sp³-hybridized carbons (Fsp3) is 0.391. The highest BCUT2D eigenvalue weighted by molar-refractivity contribution is 5.97. The van der Waals surface area contributed by atoms with Gasteiger partial charge >= 0.3 is 0 Å². The van der Waals surface area contributed by atoms with Gasteiger partial charge in [0.1, 0.15) is 5.82 Å². The number of carbonyl (C=O) groups excluding carboxylic acids is 3. The average Bonchev–Trinajstić information content (AvgIpc) is 2.75. The zero-order valence-electron chi connectivity index (χ0n) is 17.6. The van der Waals surface area contributed by atoms with Crippen molar-refractivity contribution in [3.63, 3.8) is 0 Å². The molecular weight excluding hydrogens is 380 g/mol. The van der Waals surface area contributed by atoms with Crippen molar-refractivity contribution >= 4 is 29.1 Å². The summed E-state index contributed by atoms with van der Waals surface area (Å²) in [6.45, 7) is 6.56. The van der Waals surface area contributed by atoms with Crippen LogP contribution < -0.4 is 10.6 Å². The Hall–Kier alpha value is -3.06. The number of pyridine rings is 1. The van der Waals surface area contributed by atoms with Crippen molar-refractivity contribution in [3.05, 3.63) is 53.7 Å². The molecule has 2 amide bonds. The van der Waals surface area contributed by atoms with E-state index in [2.05, 4.69) is 15.6 Å². The van der Waals surface area contributed by atoms with Crippen molar-refractivity contribution in [1.29, 1.82) is 0 Å². The Morgan fingerprint density at radius 3 is 2.53 bits per heavy atom. The van der Waals surface area contributed by atoms with Gasteiger partial charge in [0.25, 0.3) is 0 Å². The number of Topliss-reactive ketones (excluding diaryl/α,β-unsaturated/α-hetero) is 1. The minimum atomic E-state index is -0.371. The van der Waals surface area contributed by atoms with Crippen LogP contribution in [-0.2, 0) is 9.59 Å². The Kier molecular flexibility index (Phi) is 6.95. The number of amides is 2. The SMILES string of the molecule is CC(=O)c1ccc(NC(=O)C(C)N2CCCC(C(=O)Nc3ncccc3C)C2)cc1. The topological polar surface area (TPSA) is 91.4 Å². The zero-order valence-corrected chi connectivity index (χ0v) is 17.6. The van der Waals surface area contributed by atoms with Crippen molar-refractivity contribution in [2.75, 3.05) is 23.7 Å². The van der Waals surface area contributed by atoms with Crippen LogP contribution in [0.5, 0.6) is 0 Å². The molecule has 0 spiro atoms. The van der Waals surface area contributed by atoms with Gasteiger partial charge in [-0.05, 0) is 76.1 Å². The van der Waals surface area contributed by atoms with E-state index in [1.165, 1.54) is 6.92 Å². The van der Waals surface area contributed by atoms with Crippen molar-refractivity contribution in [3.8, 4) is 0 Å². The monoisotopic (exact) mass is 408 g/mol. The molecule has 158 valence electrons. The molecule has 1 saturated heterocycles. The zero-order chi connectivity index (χ0) is 21.7. The number of rotatable bonds is 6. The first-order chi connectivity index (χ1) is 14.3. The first kappa shape index (κ1) is 21.6. The number of nitrogens with one attached hydrogen (secondary N) is 2. The maximum absolute atomic E-state index is 12.7. The van der Waals surface area contributed by atoms with Crippen LogP contribution in [0.25, 0.3) is 0 Å². The lowest BCUT2D eigenvalue weighted by molar-refractivity contribution is -0.125. The van der Waals surface area contributed by atoms with Crippen LogP contribution in [0.3, 0.4) is 0 Å². The van der Waals surface area contributed by atoms with E-state index in [1.807, 2.05) is 30.9 Å². The number of ketones is 1. The van der Waals surface area contributed by atoms with Crippen LogP contribution in [-0.4, -0.2) is 46.6 Å². The van der Waals surface area contributed by atoms with E-state index >= 15 is 0 Å². The summed E-state index contributed by atoms with van der Waals surface area (Å²) in [6, 6.07) is 10.2. The molecule has 2 aromatic rings. The molecule has 2 heterocycles. The van der Waals surface area contributed by atoms with Crippen LogP contribution in [0, 0.1) is 12.8 Å². The third-order valence-electron chi connectivity index (χ3n) is 5.56. The minimum absolute atomic E-state index is 0.0141. The van der Waals surface area contributed by atoms with Gasteiger partial charge in [0.2, 0.25) is 11.8 Å². The summed E-state index contributed by atoms with van der Waals surface area (Å²) >= 11 is 0. The van der Waals surface area contributed by atoms with Gasteiger partial charge in [-0.15, -0.1) is 0 Å². The number of nitrogens with zero attached hydrogens (tertiary/aromatic N) is 2. The second kappa shape index (κ2) is 9.63. The summed E-state index contributed by atoms with van der Waals surface area (Å²) in [7, 11) is 0. The molecule has 1 aromatic heterocycles. The number of likely N-dealkylation sites (tertiary alicyclic amines) is 1. The van der Waals surface area contributed by atoms with Crippen LogP contribution >= 0.6 is 0 Å². The minimum Gasteiger partial charge on any atom is -0.325 e. The molecule has 0 bridgehead atoms. The molecule has 7 nitrogen and oxygen atoms in total. The molecule has 1 fully saturated rings. The van der Waals surface area contributed by atoms with E-state index < -0.39 is 0 Å². The number of anilines is 2. The largest absolute Gasteiger partial charge is 0.325 e. The van der Waals surface area contributed by atoms with Gasteiger partial charge in [-0.1, -0.05) is 6.07 Å². The Balaban J connectivity index is 1.58. The number of aryl methyl sites for hydroxylation is 1. The van der Waals surface area contributed by atoms with Gasteiger partial charge in [-0.2, -0.15) is 0 Å². The normalized spacial score (nSPS) is 17.8. The molecule has 0 radical (unpaired) electrons. The van der Waals surface area contributed by atoms with Crippen LogP contribution in [0.15, 0.2) is 42.6 Å². The van der Waals surface area contributed by atoms with Gasteiger partial charge in [-0.25, -0.2) is 4.98 Å². The molecule has 3 rings (SSSR count). The Morgan fingerprint density at radius 2 is 1.87 bits per heavy atom. The van der Waals surface area contributed by atoms with Gasteiger partial charge in [-0.3, -0.25) is 19.3 Å². The molecule has 1 aromatic carbocycles. The number of aromatic nitrogens is 1. The Morgan fingerprint density at radius 1 is 1.13 bits per heavy atom. The molecule has 2 unspecified atom stereocenters. The first-order valence-corrected chi connectivity index (χ1v) is 10.2. The van der Waals surface area contributed by atoms with E-state index in [0.717, 1.165) is 24.9 Å². The molecule has 30 heavy (non-hydrogen) atoms. The lowest BCUT2D eigenvalue weighted by atomic mass is 9.95. The third-order valence-corrected chi connectivity index (χ3v) is 5.56. The number of hydrogen-bond donors (Lipinski definition) is 2. The van der Waals surface area contributed by atoms with Gasteiger partial charge in [0, 0.05) is 24.0 Å². The molecule has 2 N–H and O–H groups in total. The molecule has 1 aliphatic rings.